The molecule has 0 aliphatic rings. The summed E-state index contributed by atoms with van der Waals surface area (Å²) < 4.78 is 2.76. The average Bonchev–Trinajstić information content (AvgIpc) is 2.49. The monoisotopic (exact) mass is 236 g/mol. The van der Waals surface area contributed by atoms with Crippen LogP contribution in [0.1, 0.15) is 5.56 Å². The fraction of sp³-hybridized carbons (Fsp3) is 0.100. The van der Waals surface area contributed by atoms with Crippen LogP contribution in [0, 0.1) is 6.92 Å². The molecule has 13 heavy (non-hydrogen) atoms. The molecule has 0 saturated heterocycles. The molecule has 0 bridgehead atoms. The maximum atomic E-state index is 4.31. The van der Waals surface area contributed by atoms with E-state index in [4.69, 9.17) is 0 Å². The van der Waals surface area contributed by atoms with E-state index in [0.717, 1.165) is 15.9 Å². The van der Waals surface area contributed by atoms with E-state index in [0.29, 0.717) is 0 Å². The molecule has 0 amide bonds. The van der Waals surface area contributed by atoms with Crippen LogP contribution < -0.4 is 0 Å². The molecule has 0 aliphatic heterocycles. The second-order valence-corrected chi connectivity index (χ2v) is 3.63. The van der Waals surface area contributed by atoms with Gasteiger partial charge in [-0.05, 0) is 35.0 Å². The van der Waals surface area contributed by atoms with Crippen molar-refractivity contribution in [2.75, 3.05) is 0 Å². The van der Waals surface area contributed by atoms with Crippen molar-refractivity contribution in [1.29, 1.82) is 0 Å². The normalized spacial score (nSPS) is 10.3. The highest BCUT2D eigenvalue weighted by Crippen LogP contribution is 2.15. The van der Waals surface area contributed by atoms with Crippen LogP contribution in [-0.2, 0) is 0 Å². The van der Waals surface area contributed by atoms with Gasteiger partial charge in [0.15, 0.2) is 0 Å². The van der Waals surface area contributed by atoms with Gasteiger partial charge < -0.3 is 0 Å². The number of aryl methyl sites for hydroxylation is 1. The van der Waals surface area contributed by atoms with Gasteiger partial charge in [0.05, 0.1) is 5.69 Å². The second kappa shape index (κ2) is 3.34. The number of para-hydroxylation sites is 1. The van der Waals surface area contributed by atoms with Gasteiger partial charge >= 0.3 is 0 Å². The Hall–Kier alpha value is -1.09. The van der Waals surface area contributed by atoms with Crippen molar-refractivity contribution >= 4 is 15.9 Å². The van der Waals surface area contributed by atoms with Crippen LogP contribution in [0.15, 0.2) is 41.1 Å². The van der Waals surface area contributed by atoms with E-state index in [2.05, 4.69) is 21.0 Å². The van der Waals surface area contributed by atoms with Crippen molar-refractivity contribution in [3.05, 3.63) is 46.7 Å². The largest absolute Gasteiger partial charge is 0.240 e. The number of halogens is 1. The third-order valence-corrected chi connectivity index (χ3v) is 2.64. The molecule has 0 N–H and O–H groups in total. The minimum absolute atomic E-state index is 0.899. The van der Waals surface area contributed by atoms with Crippen molar-refractivity contribution in [1.82, 2.24) is 9.78 Å². The van der Waals surface area contributed by atoms with Gasteiger partial charge in [0.25, 0.3) is 0 Å². The van der Waals surface area contributed by atoms with E-state index in [9.17, 15) is 0 Å². The van der Waals surface area contributed by atoms with Gasteiger partial charge in [-0.25, -0.2) is 4.68 Å². The van der Waals surface area contributed by atoms with Gasteiger partial charge in [0.1, 0.15) is 4.60 Å². The Morgan fingerprint density at radius 2 is 1.92 bits per heavy atom. The minimum Gasteiger partial charge on any atom is -0.240 e. The number of nitrogens with zero attached hydrogens (tertiary/aromatic N) is 2. The molecule has 0 fully saturated rings. The van der Waals surface area contributed by atoms with E-state index in [-0.39, 0.29) is 0 Å². The minimum atomic E-state index is 0.899. The average molecular weight is 237 g/mol. The lowest BCUT2D eigenvalue weighted by Gasteiger charge is -1.98. The summed E-state index contributed by atoms with van der Waals surface area (Å²) in [6, 6.07) is 10.0. The molecular formula is C10H9BrN2. The van der Waals surface area contributed by atoms with Crippen molar-refractivity contribution in [2.45, 2.75) is 6.92 Å². The number of aromatic nitrogens is 2. The number of benzene rings is 1. The Morgan fingerprint density at radius 3 is 2.46 bits per heavy atom. The van der Waals surface area contributed by atoms with Crippen LogP contribution in [0.3, 0.4) is 0 Å². The summed E-state index contributed by atoms with van der Waals surface area (Å²) in [5.74, 6) is 0. The predicted octanol–water partition coefficient (Wildman–Crippen LogP) is 2.94. The standard InChI is InChI=1S/C10H9BrN2/c1-8-7-13(12-10(8)11)9-5-3-2-4-6-9/h2-7H,1H3. The number of hydrogen-bond acceptors (Lipinski definition) is 1. The quantitative estimate of drug-likeness (QED) is 0.745. The van der Waals surface area contributed by atoms with E-state index in [1.54, 1.807) is 0 Å². The Labute approximate surface area is 85.3 Å². The van der Waals surface area contributed by atoms with E-state index in [1.165, 1.54) is 0 Å². The van der Waals surface area contributed by atoms with Gasteiger partial charge in [-0.3, -0.25) is 0 Å². The zero-order valence-electron chi connectivity index (χ0n) is 7.24. The van der Waals surface area contributed by atoms with Crippen molar-refractivity contribution in [3.63, 3.8) is 0 Å². The summed E-state index contributed by atoms with van der Waals surface area (Å²) in [5, 5.41) is 4.31. The van der Waals surface area contributed by atoms with Crippen molar-refractivity contribution in [2.24, 2.45) is 0 Å². The second-order valence-electron chi connectivity index (χ2n) is 2.88. The summed E-state index contributed by atoms with van der Waals surface area (Å²) >= 11 is 3.38. The van der Waals surface area contributed by atoms with Gasteiger partial charge in [0.2, 0.25) is 0 Å². The molecule has 0 saturated carbocycles. The molecule has 1 aromatic heterocycles. The van der Waals surface area contributed by atoms with Crippen LogP contribution in [0.5, 0.6) is 0 Å². The van der Waals surface area contributed by atoms with Gasteiger partial charge in [-0.15, -0.1) is 0 Å². The molecule has 0 atom stereocenters. The Morgan fingerprint density at radius 1 is 1.23 bits per heavy atom. The Balaban J connectivity index is 2.48. The SMILES string of the molecule is Cc1cn(-c2ccccc2)nc1Br. The van der Waals surface area contributed by atoms with Crippen LogP contribution in [0.4, 0.5) is 0 Å². The van der Waals surface area contributed by atoms with E-state index in [1.807, 2.05) is 48.1 Å². The first kappa shape index (κ1) is 8.51. The van der Waals surface area contributed by atoms with Crippen LogP contribution in [-0.4, -0.2) is 9.78 Å². The fourth-order valence-electron chi connectivity index (χ4n) is 1.15. The molecule has 2 rings (SSSR count). The summed E-state index contributed by atoms with van der Waals surface area (Å²) in [7, 11) is 0. The molecule has 0 aliphatic carbocycles. The molecule has 0 radical (unpaired) electrons. The molecule has 3 heteroatoms. The van der Waals surface area contributed by atoms with Crippen LogP contribution >= 0.6 is 15.9 Å². The maximum absolute atomic E-state index is 4.31. The molecule has 1 aromatic carbocycles. The van der Waals surface area contributed by atoms with Crippen molar-refractivity contribution < 1.29 is 0 Å². The lowest BCUT2D eigenvalue weighted by molar-refractivity contribution is 0.870. The zero-order valence-corrected chi connectivity index (χ0v) is 8.82. The topological polar surface area (TPSA) is 17.8 Å². The molecular weight excluding hydrogens is 228 g/mol. The Kier molecular flexibility index (Phi) is 2.19. The number of rotatable bonds is 1. The predicted molar refractivity (Wildman–Crippen MR) is 56.0 cm³/mol. The van der Waals surface area contributed by atoms with Gasteiger partial charge in [-0.2, -0.15) is 5.10 Å². The van der Waals surface area contributed by atoms with Gasteiger partial charge in [-0.1, -0.05) is 18.2 Å². The first-order chi connectivity index (χ1) is 6.27. The highest BCUT2D eigenvalue weighted by atomic mass is 79.9. The maximum Gasteiger partial charge on any atom is 0.131 e. The lowest BCUT2D eigenvalue weighted by Crippen LogP contribution is -1.92. The van der Waals surface area contributed by atoms with Crippen molar-refractivity contribution in [3.8, 4) is 5.69 Å². The third kappa shape index (κ3) is 1.65. The highest BCUT2D eigenvalue weighted by molar-refractivity contribution is 9.10. The molecule has 2 nitrogen and oxygen atoms in total. The first-order valence-electron chi connectivity index (χ1n) is 4.04. The number of hydrogen-bond donors (Lipinski definition) is 0. The van der Waals surface area contributed by atoms with E-state index < -0.39 is 0 Å². The fourth-order valence-corrected chi connectivity index (χ4v) is 1.43. The molecule has 2 aromatic rings. The lowest BCUT2D eigenvalue weighted by atomic mass is 10.3. The van der Waals surface area contributed by atoms with Crippen LogP contribution in [0.2, 0.25) is 0 Å². The molecule has 66 valence electrons. The summed E-state index contributed by atoms with van der Waals surface area (Å²) in [6.45, 7) is 2.02. The van der Waals surface area contributed by atoms with E-state index >= 15 is 0 Å². The zero-order chi connectivity index (χ0) is 9.26. The first-order valence-corrected chi connectivity index (χ1v) is 4.84. The molecule has 0 spiro atoms. The Bertz CT molecular complexity index is 387. The van der Waals surface area contributed by atoms with Gasteiger partial charge in [0, 0.05) is 11.8 Å². The molecule has 0 unspecified atom stereocenters. The van der Waals surface area contributed by atoms with Crippen LogP contribution in [0.25, 0.3) is 5.69 Å². The smallest absolute Gasteiger partial charge is 0.131 e. The summed E-state index contributed by atoms with van der Waals surface area (Å²) in [6.07, 6.45) is 2.00. The third-order valence-electron chi connectivity index (χ3n) is 1.86. The summed E-state index contributed by atoms with van der Waals surface area (Å²) in [4.78, 5) is 0. The summed E-state index contributed by atoms with van der Waals surface area (Å²) in [5.41, 5.74) is 2.22. The highest BCUT2D eigenvalue weighted by Gasteiger charge is 2.01. The molecule has 1 heterocycles.